The zero-order valence-corrected chi connectivity index (χ0v) is 12.3. The number of rotatable bonds is 1. The van der Waals surface area contributed by atoms with Crippen molar-refractivity contribution in [3.05, 3.63) is 22.3 Å². The number of anilines is 1. The first-order valence-corrected chi connectivity index (χ1v) is 7.62. The third-order valence-electron chi connectivity index (χ3n) is 4.52. The summed E-state index contributed by atoms with van der Waals surface area (Å²) in [7, 11) is 0. The molecule has 3 rings (SSSR count). The highest BCUT2D eigenvalue weighted by Crippen LogP contribution is 2.41. The van der Waals surface area contributed by atoms with Crippen LogP contribution < -0.4 is 4.90 Å². The molecule has 19 heavy (non-hydrogen) atoms. The summed E-state index contributed by atoms with van der Waals surface area (Å²) in [4.78, 5) is 6.53. The van der Waals surface area contributed by atoms with Crippen LogP contribution in [0.5, 0.6) is 0 Å². The molecule has 3 nitrogen and oxygen atoms in total. The average molecular weight is 301 g/mol. The maximum Gasteiger partial charge on any atom is 0.147 e. The van der Waals surface area contributed by atoms with E-state index in [1.807, 2.05) is 0 Å². The Hall–Kier alpha value is -0.510. The van der Waals surface area contributed by atoms with E-state index < -0.39 is 5.60 Å². The van der Waals surface area contributed by atoms with E-state index in [0.29, 0.717) is 16.0 Å². The van der Waals surface area contributed by atoms with Crippen molar-refractivity contribution in [2.24, 2.45) is 5.92 Å². The Kier molecular flexibility index (Phi) is 3.63. The molecule has 2 fully saturated rings. The lowest BCUT2D eigenvalue weighted by atomic mass is 9.71. The summed E-state index contributed by atoms with van der Waals surface area (Å²) in [5.41, 5.74) is -0.465. The van der Waals surface area contributed by atoms with E-state index in [4.69, 9.17) is 23.2 Å². The molecule has 1 aromatic heterocycles. The maximum absolute atomic E-state index is 10.7. The third-order valence-corrected chi connectivity index (χ3v) is 5.00. The van der Waals surface area contributed by atoms with Crippen molar-refractivity contribution in [1.29, 1.82) is 0 Å². The van der Waals surface area contributed by atoms with Gasteiger partial charge >= 0.3 is 0 Å². The summed E-state index contributed by atoms with van der Waals surface area (Å²) in [5.74, 6) is 1.13. The molecule has 0 spiro atoms. The molecule has 0 radical (unpaired) electrons. The molecule has 0 aromatic carbocycles. The Balaban J connectivity index is 1.80. The van der Waals surface area contributed by atoms with Gasteiger partial charge in [0, 0.05) is 25.2 Å². The summed E-state index contributed by atoms with van der Waals surface area (Å²) < 4.78 is 0. The third kappa shape index (κ3) is 2.56. The number of nitrogens with zero attached hydrogens (tertiary/aromatic N) is 2. The van der Waals surface area contributed by atoms with Crippen LogP contribution >= 0.6 is 23.2 Å². The standard InChI is InChI=1S/C14H18Cl2N2O/c15-11-7-12(16)13(17-8-11)18-6-5-14(19)4-2-1-3-10(14)9-18/h7-8,10,19H,1-6,9H2. The lowest BCUT2D eigenvalue weighted by Crippen LogP contribution is -2.53. The molecule has 1 saturated carbocycles. The van der Waals surface area contributed by atoms with E-state index in [-0.39, 0.29) is 0 Å². The van der Waals surface area contributed by atoms with Gasteiger partial charge in [-0.25, -0.2) is 4.98 Å². The van der Waals surface area contributed by atoms with Gasteiger partial charge in [-0.1, -0.05) is 36.0 Å². The van der Waals surface area contributed by atoms with Crippen molar-refractivity contribution in [3.8, 4) is 0 Å². The largest absolute Gasteiger partial charge is 0.389 e. The van der Waals surface area contributed by atoms with Gasteiger partial charge in [0.2, 0.25) is 0 Å². The number of hydrogen-bond acceptors (Lipinski definition) is 3. The molecule has 2 atom stereocenters. The lowest BCUT2D eigenvalue weighted by Gasteiger charge is -2.47. The Morgan fingerprint density at radius 2 is 2.16 bits per heavy atom. The van der Waals surface area contributed by atoms with Gasteiger partial charge < -0.3 is 10.0 Å². The number of hydrogen-bond donors (Lipinski definition) is 1. The zero-order chi connectivity index (χ0) is 13.5. The monoisotopic (exact) mass is 300 g/mol. The van der Waals surface area contributed by atoms with Crippen molar-refractivity contribution in [1.82, 2.24) is 4.98 Å². The van der Waals surface area contributed by atoms with Crippen LogP contribution in [-0.4, -0.2) is 28.8 Å². The number of fused-ring (bicyclic) bond motifs is 1. The molecular weight excluding hydrogens is 283 g/mol. The van der Waals surface area contributed by atoms with Crippen molar-refractivity contribution in [2.45, 2.75) is 37.7 Å². The van der Waals surface area contributed by atoms with Gasteiger partial charge in [0.25, 0.3) is 0 Å². The molecular formula is C14H18Cl2N2O. The van der Waals surface area contributed by atoms with Gasteiger partial charge in [-0.05, 0) is 25.3 Å². The van der Waals surface area contributed by atoms with Crippen LogP contribution in [0.25, 0.3) is 0 Å². The van der Waals surface area contributed by atoms with Crippen molar-refractivity contribution < 1.29 is 5.11 Å². The maximum atomic E-state index is 10.7. The molecule has 1 N–H and O–H groups in total. The fourth-order valence-corrected chi connectivity index (χ4v) is 3.90. The highest BCUT2D eigenvalue weighted by Gasteiger charge is 2.43. The van der Waals surface area contributed by atoms with E-state index in [1.54, 1.807) is 12.3 Å². The molecule has 1 aromatic rings. The molecule has 0 bridgehead atoms. The van der Waals surface area contributed by atoms with Crippen LogP contribution in [0.4, 0.5) is 5.82 Å². The Morgan fingerprint density at radius 1 is 1.32 bits per heavy atom. The summed E-state index contributed by atoms with van der Waals surface area (Å²) >= 11 is 12.1. The van der Waals surface area contributed by atoms with E-state index in [9.17, 15) is 5.11 Å². The van der Waals surface area contributed by atoms with Gasteiger partial charge in [-0.15, -0.1) is 0 Å². The van der Waals surface area contributed by atoms with Crippen LogP contribution in [0.2, 0.25) is 10.0 Å². The second-order valence-electron chi connectivity index (χ2n) is 5.70. The van der Waals surface area contributed by atoms with Crippen LogP contribution in [0.1, 0.15) is 32.1 Å². The predicted molar refractivity (Wildman–Crippen MR) is 78.0 cm³/mol. The number of halogens is 2. The summed E-state index contributed by atoms with van der Waals surface area (Å²) in [6.07, 6.45) is 6.82. The fourth-order valence-electron chi connectivity index (χ4n) is 3.40. The predicted octanol–water partition coefficient (Wildman–Crippen LogP) is 3.52. The molecule has 1 aliphatic carbocycles. The number of aromatic nitrogens is 1. The van der Waals surface area contributed by atoms with E-state index in [2.05, 4.69) is 9.88 Å². The smallest absolute Gasteiger partial charge is 0.147 e. The molecule has 0 amide bonds. The molecule has 2 heterocycles. The van der Waals surface area contributed by atoms with Gasteiger partial charge in [0.15, 0.2) is 0 Å². The highest BCUT2D eigenvalue weighted by molar-refractivity contribution is 6.36. The molecule has 2 unspecified atom stereocenters. The summed E-state index contributed by atoms with van der Waals surface area (Å²) in [5, 5.41) is 11.8. The Bertz CT molecular complexity index is 483. The minimum Gasteiger partial charge on any atom is -0.389 e. The summed E-state index contributed by atoms with van der Waals surface area (Å²) in [6, 6.07) is 1.73. The topological polar surface area (TPSA) is 36.4 Å². The quantitative estimate of drug-likeness (QED) is 0.862. The van der Waals surface area contributed by atoms with Gasteiger partial charge in [0.05, 0.1) is 15.6 Å². The van der Waals surface area contributed by atoms with Crippen LogP contribution in [0, 0.1) is 5.92 Å². The number of piperidine rings is 1. The number of pyridine rings is 1. The van der Waals surface area contributed by atoms with E-state index >= 15 is 0 Å². The second-order valence-corrected chi connectivity index (χ2v) is 6.54. The molecule has 2 aliphatic rings. The fraction of sp³-hybridized carbons (Fsp3) is 0.643. The lowest BCUT2D eigenvalue weighted by molar-refractivity contribution is -0.0613. The van der Waals surface area contributed by atoms with Gasteiger partial charge in [0.1, 0.15) is 5.82 Å². The van der Waals surface area contributed by atoms with Crippen LogP contribution in [0.3, 0.4) is 0 Å². The van der Waals surface area contributed by atoms with Crippen molar-refractivity contribution >= 4 is 29.0 Å². The summed E-state index contributed by atoms with van der Waals surface area (Å²) in [6.45, 7) is 1.65. The first-order valence-electron chi connectivity index (χ1n) is 6.87. The van der Waals surface area contributed by atoms with Gasteiger partial charge in [-0.2, -0.15) is 0 Å². The molecule has 1 aliphatic heterocycles. The van der Waals surface area contributed by atoms with E-state index in [1.165, 1.54) is 6.42 Å². The zero-order valence-electron chi connectivity index (χ0n) is 10.8. The van der Waals surface area contributed by atoms with E-state index in [0.717, 1.165) is 44.6 Å². The molecule has 104 valence electrons. The highest BCUT2D eigenvalue weighted by atomic mass is 35.5. The molecule has 1 saturated heterocycles. The first kappa shape index (κ1) is 13.5. The first-order chi connectivity index (χ1) is 9.08. The Morgan fingerprint density at radius 3 is 2.95 bits per heavy atom. The normalized spacial score (nSPS) is 31.1. The average Bonchev–Trinajstić information content (AvgIpc) is 2.38. The van der Waals surface area contributed by atoms with Crippen LogP contribution in [0.15, 0.2) is 12.3 Å². The van der Waals surface area contributed by atoms with Crippen molar-refractivity contribution in [3.63, 3.8) is 0 Å². The second kappa shape index (κ2) is 5.12. The van der Waals surface area contributed by atoms with Crippen LogP contribution in [-0.2, 0) is 0 Å². The number of aliphatic hydroxyl groups is 1. The molecule has 5 heteroatoms. The Labute approximate surface area is 123 Å². The van der Waals surface area contributed by atoms with Crippen molar-refractivity contribution in [2.75, 3.05) is 18.0 Å². The van der Waals surface area contributed by atoms with Gasteiger partial charge in [-0.3, -0.25) is 0 Å². The SMILES string of the molecule is OC12CCCCC1CN(c1ncc(Cl)cc1Cl)CC2. The minimum absolute atomic E-state index is 0.337. The minimum atomic E-state index is -0.465.